The van der Waals surface area contributed by atoms with Gasteiger partial charge in [0, 0.05) is 17.8 Å². The predicted molar refractivity (Wildman–Crippen MR) is 99.6 cm³/mol. The Morgan fingerprint density at radius 2 is 2.00 bits per heavy atom. The summed E-state index contributed by atoms with van der Waals surface area (Å²) in [4.78, 5) is 27.2. The van der Waals surface area contributed by atoms with E-state index < -0.39 is 11.9 Å². The molecule has 1 heterocycles. The first kappa shape index (κ1) is 18.4. The molecule has 26 heavy (non-hydrogen) atoms. The van der Waals surface area contributed by atoms with Crippen LogP contribution in [0.15, 0.2) is 42.5 Å². The minimum absolute atomic E-state index is 0.0622. The molecule has 2 aromatic rings. The van der Waals surface area contributed by atoms with E-state index in [9.17, 15) is 14.0 Å². The first-order valence-corrected chi connectivity index (χ1v) is 8.89. The van der Waals surface area contributed by atoms with Crippen LogP contribution in [0.5, 0.6) is 0 Å². The molecule has 3 rings (SSSR count). The fourth-order valence-electron chi connectivity index (χ4n) is 3.15. The summed E-state index contributed by atoms with van der Waals surface area (Å²) in [6, 6.07) is 10.8. The maximum atomic E-state index is 13.3. The molecule has 6 heteroatoms. The standard InChI is InChI=1S/C20H20ClFN2O2/c1-12(2)9-18(19(25)23-14-7-8-17(22)16(21)10-14)24-11-13-5-3-4-6-15(13)20(24)26/h3-8,10,12,18H,9,11H2,1-2H3,(H,23,25)/t18-/m0/s1. The van der Waals surface area contributed by atoms with Crippen LogP contribution in [0.4, 0.5) is 10.1 Å². The maximum absolute atomic E-state index is 13.3. The molecule has 1 aliphatic rings. The third kappa shape index (κ3) is 3.73. The third-order valence-corrected chi connectivity index (χ3v) is 4.70. The van der Waals surface area contributed by atoms with E-state index in [-0.39, 0.29) is 22.8 Å². The molecule has 136 valence electrons. The van der Waals surface area contributed by atoms with Crippen molar-refractivity contribution in [2.24, 2.45) is 5.92 Å². The number of carbonyl (C=O) groups excluding carboxylic acids is 2. The minimum atomic E-state index is -0.612. The van der Waals surface area contributed by atoms with Gasteiger partial charge < -0.3 is 10.2 Å². The topological polar surface area (TPSA) is 49.4 Å². The SMILES string of the molecule is CC(C)C[C@@H](C(=O)Nc1ccc(F)c(Cl)c1)N1Cc2ccccc2C1=O. The number of benzene rings is 2. The van der Waals surface area contributed by atoms with Crippen LogP contribution in [-0.4, -0.2) is 22.8 Å². The molecule has 0 bridgehead atoms. The summed E-state index contributed by atoms with van der Waals surface area (Å²) in [5.41, 5.74) is 1.96. The van der Waals surface area contributed by atoms with E-state index in [1.807, 2.05) is 32.0 Å². The van der Waals surface area contributed by atoms with Crippen LogP contribution in [0.1, 0.15) is 36.2 Å². The number of rotatable bonds is 5. The highest BCUT2D eigenvalue weighted by Gasteiger charge is 2.36. The molecule has 0 saturated carbocycles. The Hall–Kier alpha value is -2.40. The van der Waals surface area contributed by atoms with Crippen LogP contribution in [-0.2, 0) is 11.3 Å². The van der Waals surface area contributed by atoms with E-state index in [1.54, 1.807) is 11.0 Å². The lowest BCUT2D eigenvalue weighted by Crippen LogP contribution is -2.45. The van der Waals surface area contributed by atoms with Crippen molar-refractivity contribution in [2.75, 3.05) is 5.32 Å². The van der Waals surface area contributed by atoms with E-state index in [0.29, 0.717) is 24.2 Å². The number of nitrogens with zero attached hydrogens (tertiary/aromatic N) is 1. The highest BCUT2D eigenvalue weighted by molar-refractivity contribution is 6.31. The van der Waals surface area contributed by atoms with Gasteiger partial charge in [0.1, 0.15) is 11.9 Å². The monoisotopic (exact) mass is 374 g/mol. The number of amides is 2. The van der Waals surface area contributed by atoms with Crippen molar-refractivity contribution in [3.8, 4) is 0 Å². The lowest BCUT2D eigenvalue weighted by molar-refractivity contribution is -0.121. The van der Waals surface area contributed by atoms with Gasteiger partial charge in [-0.1, -0.05) is 43.6 Å². The summed E-state index contributed by atoms with van der Waals surface area (Å²) >= 11 is 5.78. The van der Waals surface area contributed by atoms with Gasteiger partial charge >= 0.3 is 0 Å². The summed E-state index contributed by atoms with van der Waals surface area (Å²) in [6.45, 7) is 4.41. The molecule has 2 amide bonds. The smallest absolute Gasteiger partial charge is 0.255 e. The van der Waals surface area contributed by atoms with Gasteiger partial charge in [0.15, 0.2) is 0 Å². The van der Waals surface area contributed by atoms with Gasteiger partial charge in [-0.05, 0) is 42.2 Å². The van der Waals surface area contributed by atoms with Crippen molar-refractivity contribution in [1.82, 2.24) is 4.90 Å². The first-order chi connectivity index (χ1) is 12.4. The van der Waals surface area contributed by atoms with Crippen LogP contribution in [0.3, 0.4) is 0 Å². The summed E-state index contributed by atoms with van der Waals surface area (Å²) in [7, 11) is 0. The Bertz CT molecular complexity index is 853. The zero-order chi connectivity index (χ0) is 18.8. The molecule has 0 aliphatic carbocycles. The van der Waals surface area contributed by atoms with Crippen molar-refractivity contribution in [3.63, 3.8) is 0 Å². The molecule has 1 atom stereocenters. The average Bonchev–Trinajstić information content (AvgIpc) is 2.93. The number of hydrogen-bond donors (Lipinski definition) is 1. The van der Waals surface area contributed by atoms with Crippen LogP contribution in [0.25, 0.3) is 0 Å². The average molecular weight is 375 g/mol. The minimum Gasteiger partial charge on any atom is -0.324 e. The van der Waals surface area contributed by atoms with Crippen LogP contribution in [0.2, 0.25) is 5.02 Å². The Kier molecular flexibility index (Phi) is 5.28. The second-order valence-corrected chi connectivity index (χ2v) is 7.26. The quantitative estimate of drug-likeness (QED) is 0.838. The van der Waals surface area contributed by atoms with Crippen molar-refractivity contribution in [3.05, 3.63) is 64.4 Å². The summed E-state index contributed by atoms with van der Waals surface area (Å²) in [5.74, 6) is -0.770. The predicted octanol–water partition coefficient (Wildman–Crippen LogP) is 4.49. The molecule has 0 spiro atoms. The largest absolute Gasteiger partial charge is 0.324 e. The molecular formula is C20H20ClFN2O2. The molecule has 0 saturated heterocycles. The molecule has 0 aromatic heterocycles. The van der Waals surface area contributed by atoms with Crippen molar-refractivity contribution < 1.29 is 14.0 Å². The normalized spacial score (nSPS) is 14.5. The van der Waals surface area contributed by atoms with Gasteiger partial charge in [-0.15, -0.1) is 0 Å². The zero-order valence-corrected chi connectivity index (χ0v) is 15.4. The number of hydrogen-bond acceptors (Lipinski definition) is 2. The Morgan fingerprint density at radius 3 is 2.65 bits per heavy atom. The van der Waals surface area contributed by atoms with E-state index in [4.69, 9.17) is 11.6 Å². The van der Waals surface area contributed by atoms with Gasteiger partial charge in [-0.25, -0.2) is 4.39 Å². The summed E-state index contributed by atoms with van der Waals surface area (Å²) in [5, 5.41) is 2.69. The van der Waals surface area contributed by atoms with Gasteiger partial charge in [-0.3, -0.25) is 9.59 Å². The third-order valence-electron chi connectivity index (χ3n) is 4.41. The number of nitrogens with one attached hydrogen (secondary N) is 1. The van der Waals surface area contributed by atoms with E-state index >= 15 is 0 Å². The van der Waals surface area contributed by atoms with Crippen molar-refractivity contribution >= 4 is 29.1 Å². The van der Waals surface area contributed by atoms with Crippen molar-refractivity contribution in [2.45, 2.75) is 32.9 Å². The molecular weight excluding hydrogens is 355 g/mol. The van der Waals surface area contributed by atoms with E-state index in [2.05, 4.69) is 5.32 Å². The zero-order valence-electron chi connectivity index (χ0n) is 14.6. The first-order valence-electron chi connectivity index (χ1n) is 8.51. The molecule has 0 fully saturated rings. The Morgan fingerprint density at radius 1 is 1.27 bits per heavy atom. The second-order valence-electron chi connectivity index (χ2n) is 6.85. The highest BCUT2D eigenvalue weighted by Crippen LogP contribution is 2.28. The number of fused-ring (bicyclic) bond motifs is 1. The van der Waals surface area contributed by atoms with Gasteiger partial charge in [0.2, 0.25) is 5.91 Å². The van der Waals surface area contributed by atoms with Crippen LogP contribution < -0.4 is 5.32 Å². The Labute approximate surface area is 157 Å². The fourth-order valence-corrected chi connectivity index (χ4v) is 3.33. The van der Waals surface area contributed by atoms with Gasteiger partial charge in [-0.2, -0.15) is 0 Å². The molecule has 0 radical (unpaired) electrons. The number of halogens is 2. The summed E-state index contributed by atoms with van der Waals surface area (Å²) < 4.78 is 13.3. The maximum Gasteiger partial charge on any atom is 0.255 e. The van der Waals surface area contributed by atoms with Crippen LogP contribution in [0, 0.1) is 11.7 Å². The van der Waals surface area contributed by atoms with Gasteiger partial charge in [0.25, 0.3) is 5.91 Å². The highest BCUT2D eigenvalue weighted by atomic mass is 35.5. The molecule has 2 aromatic carbocycles. The van der Waals surface area contributed by atoms with E-state index in [0.717, 1.165) is 5.56 Å². The van der Waals surface area contributed by atoms with E-state index in [1.165, 1.54) is 18.2 Å². The van der Waals surface area contributed by atoms with Crippen LogP contribution >= 0.6 is 11.6 Å². The molecule has 1 N–H and O–H groups in total. The molecule has 1 aliphatic heterocycles. The second kappa shape index (κ2) is 7.46. The van der Waals surface area contributed by atoms with Crippen molar-refractivity contribution in [1.29, 1.82) is 0 Å². The number of carbonyl (C=O) groups is 2. The molecule has 4 nitrogen and oxygen atoms in total. The fraction of sp³-hybridized carbons (Fsp3) is 0.300. The Balaban J connectivity index is 1.83. The lowest BCUT2D eigenvalue weighted by atomic mass is 10.0. The summed E-state index contributed by atoms with van der Waals surface area (Å²) in [6.07, 6.45) is 0.528. The molecule has 0 unspecified atom stereocenters. The lowest BCUT2D eigenvalue weighted by Gasteiger charge is -2.28. The van der Waals surface area contributed by atoms with Gasteiger partial charge in [0.05, 0.1) is 5.02 Å². The number of anilines is 1.